The van der Waals surface area contributed by atoms with Crippen molar-refractivity contribution < 1.29 is 4.79 Å². The summed E-state index contributed by atoms with van der Waals surface area (Å²) in [6.07, 6.45) is 0. The van der Waals surface area contributed by atoms with Gasteiger partial charge in [-0.1, -0.05) is 17.8 Å². The van der Waals surface area contributed by atoms with Crippen LogP contribution in [0.1, 0.15) is 34.1 Å². The van der Waals surface area contributed by atoms with E-state index in [4.69, 9.17) is 0 Å². The highest BCUT2D eigenvalue weighted by molar-refractivity contribution is 8.00. The van der Waals surface area contributed by atoms with Crippen LogP contribution in [0, 0.1) is 20.8 Å². The van der Waals surface area contributed by atoms with Crippen LogP contribution in [0.25, 0.3) is 10.2 Å². The molecule has 0 saturated carbocycles. The van der Waals surface area contributed by atoms with E-state index in [2.05, 4.69) is 29.1 Å². The molecule has 0 fully saturated rings. The number of aryl methyl sites for hydroxylation is 3. The molecule has 0 aliphatic heterocycles. The molecule has 0 unspecified atom stereocenters. The number of fused-ring (bicyclic) bond motifs is 1. The van der Waals surface area contributed by atoms with Crippen molar-refractivity contribution in [1.82, 2.24) is 15.3 Å². The smallest absolute Gasteiger partial charge is 0.230 e. The van der Waals surface area contributed by atoms with Crippen LogP contribution in [0.15, 0.2) is 22.5 Å². The summed E-state index contributed by atoms with van der Waals surface area (Å²) in [5.41, 5.74) is 1.21. The number of carbonyl (C=O) groups is 1. The zero-order chi connectivity index (χ0) is 17.3. The number of thiophene rings is 2. The zero-order valence-corrected chi connectivity index (χ0v) is 16.5. The number of nitrogens with one attached hydrogen (secondary N) is 1. The van der Waals surface area contributed by atoms with Gasteiger partial charge in [-0.05, 0) is 44.7 Å². The second-order valence-electron chi connectivity index (χ2n) is 5.63. The molecule has 0 aliphatic carbocycles. The second-order valence-corrected chi connectivity index (χ2v) is 8.78. The normalized spacial score (nSPS) is 12.5. The van der Waals surface area contributed by atoms with E-state index in [1.54, 1.807) is 22.7 Å². The number of amides is 1. The molecule has 3 aromatic rings. The van der Waals surface area contributed by atoms with Crippen molar-refractivity contribution in [3.05, 3.63) is 38.7 Å². The van der Waals surface area contributed by atoms with Crippen LogP contribution in [-0.4, -0.2) is 21.6 Å². The summed E-state index contributed by atoms with van der Waals surface area (Å²) in [5, 5.41) is 7.06. The maximum Gasteiger partial charge on any atom is 0.230 e. The monoisotopic (exact) mass is 377 g/mol. The first-order valence-electron chi connectivity index (χ1n) is 7.65. The van der Waals surface area contributed by atoms with Gasteiger partial charge in [0.25, 0.3) is 0 Å². The van der Waals surface area contributed by atoms with Crippen molar-refractivity contribution >= 4 is 50.6 Å². The average molecular weight is 378 g/mol. The number of carbonyl (C=O) groups excluding carboxylic acids is 1. The van der Waals surface area contributed by atoms with Crippen LogP contribution >= 0.6 is 34.4 Å². The van der Waals surface area contributed by atoms with Crippen LogP contribution in [0.3, 0.4) is 0 Å². The molecule has 3 rings (SSSR count). The van der Waals surface area contributed by atoms with Gasteiger partial charge < -0.3 is 5.32 Å². The highest BCUT2D eigenvalue weighted by Gasteiger charge is 2.16. The lowest BCUT2D eigenvalue weighted by molar-refractivity contribution is -0.119. The summed E-state index contributed by atoms with van der Waals surface area (Å²) in [5.74, 6) is 1.13. The first-order chi connectivity index (χ1) is 11.5. The third-order valence-electron chi connectivity index (χ3n) is 3.79. The minimum atomic E-state index is 0.0231. The second kappa shape index (κ2) is 7.21. The average Bonchev–Trinajstić information content (AvgIpc) is 3.14. The molecule has 3 heterocycles. The van der Waals surface area contributed by atoms with Crippen LogP contribution in [0.2, 0.25) is 0 Å². The van der Waals surface area contributed by atoms with Crippen LogP contribution in [0.4, 0.5) is 0 Å². The van der Waals surface area contributed by atoms with Gasteiger partial charge in [0.2, 0.25) is 5.91 Å². The Kier molecular flexibility index (Phi) is 5.22. The van der Waals surface area contributed by atoms with E-state index in [-0.39, 0.29) is 11.9 Å². The quantitative estimate of drug-likeness (QED) is 0.519. The molecule has 0 radical (unpaired) electrons. The predicted molar refractivity (Wildman–Crippen MR) is 103 cm³/mol. The van der Waals surface area contributed by atoms with Gasteiger partial charge in [0.1, 0.15) is 15.7 Å². The number of aromatic nitrogens is 2. The van der Waals surface area contributed by atoms with Crippen LogP contribution < -0.4 is 5.32 Å². The van der Waals surface area contributed by atoms with Crippen molar-refractivity contribution in [1.29, 1.82) is 0 Å². The van der Waals surface area contributed by atoms with E-state index >= 15 is 0 Å². The third kappa shape index (κ3) is 3.63. The molecule has 1 N–H and O–H groups in total. The van der Waals surface area contributed by atoms with Crippen LogP contribution in [0.5, 0.6) is 0 Å². The predicted octanol–water partition coefficient (Wildman–Crippen LogP) is 4.65. The third-order valence-corrected chi connectivity index (χ3v) is 6.93. The number of nitrogens with zero attached hydrogens (tertiary/aromatic N) is 2. The maximum atomic E-state index is 12.3. The zero-order valence-electron chi connectivity index (χ0n) is 14.0. The fourth-order valence-corrected chi connectivity index (χ4v) is 5.26. The van der Waals surface area contributed by atoms with Crippen molar-refractivity contribution in [2.24, 2.45) is 0 Å². The molecule has 0 bridgehead atoms. The SMILES string of the molecule is Cc1nc(SCC(=O)N[C@H](C)c2cccs2)c2c(C)c(C)sc2n1. The lowest BCUT2D eigenvalue weighted by Gasteiger charge is -2.12. The molecule has 1 amide bonds. The van der Waals surface area contributed by atoms with Crippen molar-refractivity contribution in [3.8, 4) is 0 Å². The van der Waals surface area contributed by atoms with Gasteiger partial charge in [-0.2, -0.15) is 0 Å². The van der Waals surface area contributed by atoms with Crippen molar-refractivity contribution in [3.63, 3.8) is 0 Å². The van der Waals surface area contributed by atoms with Gasteiger partial charge in [0, 0.05) is 15.1 Å². The molecule has 0 aliphatic rings. The maximum absolute atomic E-state index is 12.3. The Labute approximate surface area is 153 Å². The van der Waals surface area contributed by atoms with Gasteiger partial charge in [-0.15, -0.1) is 22.7 Å². The summed E-state index contributed by atoms with van der Waals surface area (Å²) >= 11 is 4.83. The lowest BCUT2D eigenvalue weighted by Crippen LogP contribution is -2.27. The topological polar surface area (TPSA) is 54.9 Å². The Balaban J connectivity index is 1.72. The molecule has 0 spiro atoms. The highest BCUT2D eigenvalue weighted by Crippen LogP contribution is 2.35. The number of hydrogen-bond donors (Lipinski definition) is 1. The standard InChI is InChI=1S/C17H19N3OS3/c1-9-11(3)24-17-15(9)16(19-12(4)20-17)23-8-14(21)18-10(2)13-6-5-7-22-13/h5-7,10H,8H2,1-4H3,(H,18,21)/t10-/m1/s1. The van der Waals surface area contributed by atoms with Gasteiger partial charge in [-0.25, -0.2) is 9.97 Å². The molecule has 126 valence electrons. The Bertz CT molecular complexity index is 871. The van der Waals surface area contributed by atoms with E-state index in [1.165, 1.54) is 22.2 Å². The van der Waals surface area contributed by atoms with E-state index in [1.807, 2.05) is 31.4 Å². The Morgan fingerprint density at radius 1 is 1.33 bits per heavy atom. The van der Waals surface area contributed by atoms with Crippen LogP contribution in [-0.2, 0) is 4.79 Å². The molecule has 0 aromatic carbocycles. The highest BCUT2D eigenvalue weighted by atomic mass is 32.2. The summed E-state index contributed by atoms with van der Waals surface area (Å²) in [6.45, 7) is 8.09. The molecule has 3 aromatic heterocycles. The van der Waals surface area contributed by atoms with Gasteiger partial charge in [-0.3, -0.25) is 4.79 Å². The molecule has 7 heteroatoms. The number of rotatable bonds is 5. The number of thioether (sulfide) groups is 1. The Morgan fingerprint density at radius 3 is 2.83 bits per heavy atom. The van der Waals surface area contributed by atoms with Crippen molar-refractivity contribution in [2.75, 3.05) is 5.75 Å². The fourth-order valence-electron chi connectivity index (χ4n) is 2.44. The molecular weight excluding hydrogens is 358 g/mol. The first-order valence-corrected chi connectivity index (χ1v) is 10.3. The largest absolute Gasteiger partial charge is 0.348 e. The molecule has 24 heavy (non-hydrogen) atoms. The molecular formula is C17H19N3OS3. The van der Waals surface area contributed by atoms with E-state index in [0.717, 1.165) is 25.9 Å². The minimum absolute atomic E-state index is 0.0231. The van der Waals surface area contributed by atoms with Gasteiger partial charge in [0.05, 0.1) is 11.8 Å². The van der Waals surface area contributed by atoms with E-state index in [9.17, 15) is 4.79 Å². The number of hydrogen-bond acceptors (Lipinski definition) is 6. The van der Waals surface area contributed by atoms with Gasteiger partial charge >= 0.3 is 0 Å². The first kappa shape index (κ1) is 17.4. The molecule has 1 atom stereocenters. The molecule has 4 nitrogen and oxygen atoms in total. The summed E-state index contributed by atoms with van der Waals surface area (Å²) < 4.78 is 0. The summed E-state index contributed by atoms with van der Waals surface area (Å²) in [4.78, 5) is 24.8. The van der Waals surface area contributed by atoms with E-state index in [0.29, 0.717) is 5.75 Å². The fraction of sp³-hybridized carbons (Fsp3) is 0.353. The van der Waals surface area contributed by atoms with Crippen molar-refractivity contribution in [2.45, 2.75) is 38.8 Å². The Morgan fingerprint density at radius 2 is 2.12 bits per heavy atom. The summed E-state index contributed by atoms with van der Waals surface area (Å²) in [7, 11) is 0. The minimum Gasteiger partial charge on any atom is -0.348 e. The molecule has 0 saturated heterocycles. The lowest BCUT2D eigenvalue weighted by atomic mass is 10.2. The Hall–Kier alpha value is -1.44. The summed E-state index contributed by atoms with van der Waals surface area (Å²) in [6, 6.07) is 4.08. The van der Waals surface area contributed by atoms with E-state index < -0.39 is 0 Å². The van der Waals surface area contributed by atoms with Gasteiger partial charge in [0.15, 0.2) is 0 Å².